The zero-order chi connectivity index (χ0) is 12.3. The molecule has 0 bridgehead atoms. The molecular formula is C12H16N2O3. The third-order valence-electron chi connectivity index (χ3n) is 2.66. The first-order valence-electron chi connectivity index (χ1n) is 5.47. The van der Waals surface area contributed by atoms with E-state index in [2.05, 4.69) is 0 Å². The number of rotatable bonds is 4. The molecule has 1 heterocycles. The molecule has 1 unspecified atom stereocenters. The van der Waals surface area contributed by atoms with Gasteiger partial charge in [0.25, 0.3) is 0 Å². The van der Waals surface area contributed by atoms with Crippen LogP contribution in [0, 0.1) is 5.41 Å². The van der Waals surface area contributed by atoms with Crippen LogP contribution in [0.3, 0.4) is 0 Å². The van der Waals surface area contributed by atoms with Gasteiger partial charge >= 0.3 is 0 Å². The summed E-state index contributed by atoms with van der Waals surface area (Å²) in [7, 11) is 1.57. The van der Waals surface area contributed by atoms with Gasteiger partial charge in [-0.1, -0.05) is 0 Å². The van der Waals surface area contributed by atoms with Crippen LogP contribution in [0.4, 0.5) is 0 Å². The van der Waals surface area contributed by atoms with Crippen LogP contribution in [-0.2, 0) is 4.74 Å². The Hall–Kier alpha value is -1.75. The second kappa shape index (κ2) is 5.05. The van der Waals surface area contributed by atoms with E-state index >= 15 is 0 Å². The summed E-state index contributed by atoms with van der Waals surface area (Å²) in [5, 5.41) is 7.36. The Bertz CT molecular complexity index is 414. The molecule has 1 fully saturated rings. The van der Waals surface area contributed by atoms with Gasteiger partial charge in [0.1, 0.15) is 11.9 Å². The molecule has 0 saturated carbocycles. The summed E-state index contributed by atoms with van der Waals surface area (Å²) in [6, 6.07) is 5.22. The molecule has 1 aliphatic rings. The number of nitrogen functional groups attached to an aromatic ring is 1. The zero-order valence-corrected chi connectivity index (χ0v) is 9.73. The average molecular weight is 236 g/mol. The minimum absolute atomic E-state index is 0.0130. The van der Waals surface area contributed by atoms with Gasteiger partial charge in [-0.3, -0.25) is 5.41 Å². The fourth-order valence-corrected chi connectivity index (χ4v) is 1.72. The molecule has 1 aliphatic heterocycles. The van der Waals surface area contributed by atoms with Crippen molar-refractivity contribution >= 4 is 5.84 Å². The van der Waals surface area contributed by atoms with Crippen molar-refractivity contribution in [1.82, 2.24) is 0 Å². The molecule has 2 rings (SSSR count). The highest BCUT2D eigenvalue weighted by molar-refractivity contribution is 5.95. The Morgan fingerprint density at radius 2 is 2.29 bits per heavy atom. The summed E-state index contributed by atoms with van der Waals surface area (Å²) in [6.07, 6.45) is 0.963. The lowest BCUT2D eigenvalue weighted by Crippen LogP contribution is -2.17. The van der Waals surface area contributed by atoms with Crippen LogP contribution >= 0.6 is 0 Å². The normalized spacial score (nSPS) is 19.0. The highest BCUT2D eigenvalue weighted by atomic mass is 16.6. The lowest BCUT2D eigenvalue weighted by molar-refractivity contribution is 0.138. The maximum absolute atomic E-state index is 7.36. The van der Waals surface area contributed by atoms with Gasteiger partial charge < -0.3 is 19.9 Å². The van der Waals surface area contributed by atoms with Crippen molar-refractivity contribution in [3.63, 3.8) is 0 Å². The number of methoxy groups -OCH3 is 1. The van der Waals surface area contributed by atoms with Crippen LogP contribution in [0.1, 0.15) is 12.0 Å². The predicted molar refractivity (Wildman–Crippen MR) is 63.9 cm³/mol. The van der Waals surface area contributed by atoms with Gasteiger partial charge in [0.2, 0.25) is 0 Å². The van der Waals surface area contributed by atoms with E-state index in [1.165, 1.54) is 0 Å². The maximum Gasteiger partial charge on any atom is 0.161 e. The summed E-state index contributed by atoms with van der Waals surface area (Å²) in [5.74, 6) is 1.26. The number of ether oxygens (including phenoxy) is 3. The van der Waals surface area contributed by atoms with Gasteiger partial charge in [0, 0.05) is 12.0 Å². The highest BCUT2D eigenvalue weighted by Gasteiger charge is 2.19. The molecule has 1 aromatic carbocycles. The number of benzene rings is 1. The number of amidine groups is 1. The van der Waals surface area contributed by atoms with E-state index in [1.807, 2.05) is 0 Å². The summed E-state index contributed by atoms with van der Waals surface area (Å²) >= 11 is 0. The van der Waals surface area contributed by atoms with E-state index in [4.69, 9.17) is 25.4 Å². The van der Waals surface area contributed by atoms with Crippen LogP contribution in [0.25, 0.3) is 0 Å². The summed E-state index contributed by atoms with van der Waals surface area (Å²) in [6.45, 7) is 1.34. The molecule has 5 nitrogen and oxygen atoms in total. The summed E-state index contributed by atoms with van der Waals surface area (Å²) in [5.41, 5.74) is 6.04. The first-order chi connectivity index (χ1) is 8.20. The van der Waals surface area contributed by atoms with Crippen molar-refractivity contribution in [3.8, 4) is 11.5 Å². The van der Waals surface area contributed by atoms with Gasteiger partial charge in [0.05, 0.1) is 20.3 Å². The van der Waals surface area contributed by atoms with E-state index < -0.39 is 0 Å². The number of hydrogen-bond acceptors (Lipinski definition) is 4. The summed E-state index contributed by atoms with van der Waals surface area (Å²) < 4.78 is 16.2. The molecule has 0 radical (unpaired) electrons. The first-order valence-corrected chi connectivity index (χ1v) is 5.47. The molecule has 3 N–H and O–H groups in total. The number of nitrogens with one attached hydrogen (secondary N) is 1. The highest BCUT2D eigenvalue weighted by Crippen LogP contribution is 2.30. The fourth-order valence-electron chi connectivity index (χ4n) is 1.72. The van der Waals surface area contributed by atoms with Crippen LogP contribution in [0.5, 0.6) is 11.5 Å². The van der Waals surface area contributed by atoms with Crippen molar-refractivity contribution in [1.29, 1.82) is 5.41 Å². The molecule has 5 heteroatoms. The fraction of sp³-hybridized carbons (Fsp3) is 0.417. The molecule has 0 aromatic heterocycles. The van der Waals surface area contributed by atoms with E-state index in [0.717, 1.165) is 13.0 Å². The topological polar surface area (TPSA) is 77.6 Å². The lowest BCUT2D eigenvalue weighted by Gasteiger charge is -2.15. The Morgan fingerprint density at radius 1 is 1.47 bits per heavy atom. The third-order valence-corrected chi connectivity index (χ3v) is 2.66. The molecule has 1 saturated heterocycles. The molecule has 17 heavy (non-hydrogen) atoms. The Labute approximate surface area is 100.0 Å². The molecular weight excluding hydrogens is 220 g/mol. The quantitative estimate of drug-likeness (QED) is 0.607. The standard InChI is InChI=1S/C12H16N2O3/c1-15-11-6-8(12(13)14)2-3-10(11)17-9-4-5-16-7-9/h2-3,6,9H,4-5,7H2,1H3,(H3,13,14). The molecule has 1 atom stereocenters. The van der Waals surface area contributed by atoms with Crippen molar-refractivity contribution in [2.45, 2.75) is 12.5 Å². The molecule has 92 valence electrons. The van der Waals surface area contributed by atoms with Crippen LogP contribution in [0.2, 0.25) is 0 Å². The monoisotopic (exact) mass is 236 g/mol. The van der Waals surface area contributed by atoms with Crippen molar-refractivity contribution in [2.75, 3.05) is 20.3 Å². The van der Waals surface area contributed by atoms with Crippen molar-refractivity contribution in [3.05, 3.63) is 23.8 Å². The van der Waals surface area contributed by atoms with E-state index in [9.17, 15) is 0 Å². The Morgan fingerprint density at radius 3 is 2.88 bits per heavy atom. The lowest BCUT2D eigenvalue weighted by atomic mass is 10.2. The van der Waals surface area contributed by atoms with Gasteiger partial charge in [-0.2, -0.15) is 0 Å². The molecule has 1 aromatic rings. The van der Waals surface area contributed by atoms with E-state index in [1.54, 1.807) is 25.3 Å². The smallest absolute Gasteiger partial charge is 0.161 e. The van der Waals surface area contributed by atoms with E-state index in [0.29, 0.717) is 23.7 Å². The molecule has 0 amide bonds. The van der Waals surface area contributed by atoms with Crippen LogP contribution in [0.15, 0.2) is 18.2 Å². The largest absolute Gasteiger partial charge is 0.493 e. The van der Waals surface area contributed by atoms with Crippen LogP contribution < -0.4 is 15.2 Å². The van der Waals surface area contributed by atoms with Gasteiger partial charge in [-0.05, 0) is 18.2 Å². The van der Waals surface area contributed by atoms with Gasteiger partial charge in [-0.25, -0.2) is 0 Å². The zero-order valence-electron chi connectivity index (χ0n) is 9.73. The maximum atomic E-state index is 7.36. The second-order valence-electron chi connectivity index (χ2n) is 3.88. The molecule has 0 spiro atoms. The Kier molecular flexibility index (Phi) is 3.49. The first kappa shape index (κ1) is 11.7. The van der Waals surface area contributed by atoms with Gasteiger partial charge in [0.15, 0.2) is 11.5 Å². The third kappa shape index (κ3) is 2.68. The van der Waals surface area contributed by atoms with Crippen molar-refractivity contribution in [2.24, 2.45) is 5.73 Å². The Balaban J connectivity index is 2.18. The van der Waals surface area contributed by atoms with Gasteiger partial charge in [-0.15, -0.1) is 0 Å². The second-order valence-corrected chi connectivity index (χ2v) is 3.88. The number of hydrogen-bond donors (Lipinski definition) is 2. The van der Waals surface area contributed by atoms with Crippen molar-refractivity contribution < 1.29 is 14.2 Å². The predicted octanol–water partition coefficient (Wildman–Crippen LogP) is 1.15. The average Bonchev–Trinajstić information content (AvgIpc) is 2.82. The SMILES string of the molecule is COc1cc(C(=N)N)ccc1OC1CCOC1. The number of nitrogens with two attached hydrogens (primary N) is 1. The van der Waals surface area contributed by atoms with Crippen LogP contribution in [-0.4, -0.2) is 32.3 Å². The minimum atomic E-state index is 0.0130. The van der Waals surface area contributed by atoms with E-state index in [-0.39, 0.29) is 11.9 Å². The molecule has 0 aliphatic carbocycles. The minimum Gasteiger partial charge on any atom is -0.493 e. The summed E-state index contributed by atoms with van der Waals surface area (Å²) in [4.78, 5) is 0.